The van der Waals surface area contributed by atoms with E-state index in [9.17, 15) is 17.6 Å². The standard InChI is InChI=1S/C22H26Cl2FN3O4S/c1-3-14(2)21(22(29)27-15-5-7-19(25)18(24)12-15)26-16-4-6-17(23)20(13-16)33(30,31)28-8-10-32-11-9-28/h4-7,12-14,21,26H,3,8-11H2,1-2H3,(H,27,29)/t14?,21-/m0/s1. The predicted molar refractivity (Wildman–Crippen MR) is 128 cm³/mol. The maximum absolute atomic E-state index is 13.4. The summed E-state index contributed by atoms with van der Waals surface area (Å²) < 4.78 is 46.2. The van der Waals surface area contributed by atoms with E-state index in [0.29, 0.717) is 31.0 Å². The molecule has 2 atom stereocenters. The smallest absolute Gasteiger partial charge is 0.247 e. The number of halogens is 3. The molecule has 2 N–H and O–H groups in total. The first-order valence-corrected chi connectivity index (χ1v) is 12.7. The molecular weight excluding hydrogens is 492 g/mol. The number of carbonyl (C=O) groups is 1. The van der Waals surface area contributed by atoms with Crippen LogP contribution in [0.4, 0.5) is 15.8 Å². The van der Waals surface area contributed by atoms with Gasteiger partial charge in [-0.05, 0) is 42.3 Å². The van der Waals surface area contributed by atoms with Crippen LogP contribution in [0, 0.1) is 11.7 Å². The molecule has 1 heterocycles. The van der Waals surface area contributed by atoms with Crippen LogP contribution in [0.2, 0.25) is 10.0 Å². The van der Waals surface area contributed by atoms with Crippen LogP contribution in [0.15, 0.2) is 41.3 Å². The summed E-state index contributed by atoms with van der Waals surface area (Å²) in [6, 6.07) is 7.77. The van der Waals surface area contributed by atoms with Crippen molar-refractivity contribution in [2.45, 2.75) is 31.2 Å². The van der Waals surface area contributed by atoms with Gasteiger partial charge >= 0.3 is 0 Å². The molecule has 11 heteroatoms. The molecule has 1 fully saturated rings. The zero-order chi connectivity index (χ0) is 24.2. The summed E-state index contributed by atoms with van der Waals surface area (Å²) in [4.78, 5) is 13.0. The largest absolute Gasteiger partial charge is 0.379 e. The van der Waals surface area contributed by atoms with E-state index in [2.05, 4.69) is 10.6 Å². The Morgan fingerprint density at radius 3 is 2.42 bits per heavy atom. The second-order valence-corrected chi connectivity index (χ2v) is 10.5. The first kappa shape index (κ1) is 25.7. The fraction of sp³-hybridized carbons (Fsp3) is 0.409. The first-order chi connectivity index (χ1) is 15.6. The lowest BCUT2D eigenvalue weighted by atomic mass is 9.98. The molecule has 0 aliphatic carbocycles. The molecule has 3 rings (SSSR count). The second-order valence-electron chi connectivity index (χ2n) is 7.79. The number of anilines is 2. The molecule has 0 aromatic heterocycles. The van der Waals surface area contributed by atoms with Gasteiger partial charge < -0.3 is 15.4 Å². The van der Waals surface area contributed by atoms with Crippen molar-refractivity contribution in [3.63, 3.8) is 0 Å². The van der Waals surface area contributed by atoms with Gasteiger partial charge in [0, 0.05) is 24.5 Å². The number of amides is 1. The van der Waals surface area contributed by atoms with Crippen LogP contribution in [0.1, 0.15) is 20.3 Å². The minimum atomic E-state index is -3.82. The number of hydrogen-bond acceptors (Lipinski definition) is 5. The molecule has 0 saturated carbocycles. The van der Waals surface area contributed by atoms with Crippen LogP contribution in [-0.2, 0) is 19.6 Å². The number of nitrogens with one attached hydrogen (secondary N) is 2. The van der Waals surface area contributed by atoms with Crippen molar-refractivity contribution in [1.29, 1.82) is 0 Å². The van der Waals surface area contributed by atoms with Gasteiger partial charge in [0.15, 0.2) is 0 Å². The molecule has 2 aromatic rings. The Hall–Kier alpha value is -1.91. The van der Waals surface area contributed by atoms with Crippen LogP contribution in [0.25, 0.3) is 0 Å². The third-order valence-electron chi connectivity index (χ3n) is 5.52. The highest BCUT2D eigenvalue weighted by Gasteiger charge is 2.30. The zero-order valence-corrected chi connectivity index (χ0v) is 20.6. The molecule has 0 spiro atoms. The van der Waals surface area contributed by atoms with Gasteiger partial charge in [-0.2, -0.15) is 4.31 Å². The summed E-state index contributed by atoms with van der Waals surface area (Å²) in [5.74, 6) is -1.04. The zero-order valence-electron chi connectivity index (χ0n) is 18.3. The Bertz CT molecular complexity index is 1110. The number of morpholine rings is 1. The number of hydrogen-bond donors (Lipinski definition) is 2. The van der Waals surface area contributed by atoms with Crippen molar-refractivity contribution in [3.8, 4) is 0 Å². The molecule has 1 saturated heterocycles. The lowest BCUT2D eigenvalue weighted by Gasteiger charge is -2.27. The highest BCUT2D eigenvalue weighted by Crippen LogP contribution is 2.29. The van der Waals surface area contributed by atoms with Crippen molar-refractivity contribution in [1.82, 2.24) is 4.31 Å². The van der Waals surface area contributed by atoms with Gasteiger partial charge in [0.1, 0.15) is 16.8 Å². The van der Waals surface area contributed by atoms with Gasteiger partial charge in [-0.25, -0.2) is 12.8 Å². The Kier molecular flexibility index (Phi) is 8.58. The second kappa shape index (κ2) is 11.0. The molecule has 1 amide bonds. The maximum atomic E-state index is 13.4. The fourth-order valence-electron chi connectivity index (χ4n) is 3.39. The first-order valence-electron chi connectivity index (χ1n) is 10.5. The molecule has 7 nitrogen and oxygen atoms in total. The Balaban J connectivity index is 1.85. The van der Waals surface area contributed by atoms with E-state index in [1.165, 1.54) is 34.6 Å². The van der Waals surface area contributed by atoms with Crippen LogP contribution >= 0.6 is 23.2 Å². The number of carbonyl (C=O) groups excluding carboxylic acids is 1. The Morgan fingerprint density at radius 1 is 1.12 bits per heavy atom. The molecule has 2 aromatic carbocycles. The van der Waals surface area contributed by atoms with Gasteiger partial charge in [0.05, 0.1) is 23.3 Å². The minimum Gasteiger partial charge on any atom is -0.379 e. The molecular formula is C22H26Cl2FN3O4S. The van der Waals surface area contributed by atoms with E-state index in [1.807, 2.05) is 13.8 Å². The third-order valence-corrected chi connectivity index (χ3v) is 8.19. The van der Waals surface area contributed by atoms with Gasteiger partial charge in [-0.15, -0.1) is 0 Å². The number of sulfonamides is 1. The quantitative estimate of drug-likeness (QED) is 0.533. The highest BCUT2D eigenvalue weighted by atomic mass is 35.5. The molecule has 0 radical (unpaired) electrons. The average molecular weight is 518 g/mol. The van der Waals surface area contributed by atoms with E-state index in [0.717, 1.165) is 0 Å². The van der Waals surface area contributed by atoms with Gasteiger partial charge in [0.25, 0.3) is 0 Å². The Morgan fingerprint density at radius 2 is 1.79 bits per heavy atom. The summed E-state index contributed by atoms with van der Waals surface area (Å²) in [6.07, 6.45) is 0.682. The van der Waals surface area contributed by atoms with Gasteiger partial charge in [-0.1, -0.05) is 43.5 Å². The van der Waals surface area contributed by atoms with Crippen molar-refractivity contribution in [2.24, 2.45) is 5.92 Å². The number of benzene rings is 2. The van der Waals surface area contributed by atoms with Crippen molar-refractivity contribution in [2.75, 3.05) is 36.9 Å². The summed E-state index contributed by atoms with van der Waals surface area (Å²) in [5, 5.41) is 5.86. The predicted octanol–water partition coefficient (Wildman–Crippen LogP) is 4.62. The lowest BCUT2D eigenvalue weighted by molar-refractivity contribution is -0.117. The van der Waals surface area contributed by atoms with Crippen molar-refractivity contribution in [3.05, 3.63) is 52.3 Å². The topological polar surface area (TPSA) is 87.7 Å². The van der Waals surface area contributed by atoms with Gasteiger partial charge in [0.2, 0.25) is 15.9 Å². The fourth-order valence-corrected chi connectivity index (χ4v) is 5.48. The monoisotopic (exact) mass is 517 g/mol. The lowest BCUT2D eigenvalue weighted by Crippen LogP contribution is -2.41. The normalized spacial score (nSPS) is 16.8. The molecule has 33 heavy (non-hydrogen) atoms. The van der Waals surface area contributed by atoms with Crippen LogP contribution in [-0.4, -0.2) is 51.0 Å². The molecule has 180 valence electrons. The van der Waals surface area contributed by atoms with Crippen molar-refractivity contribution >= 4 is 50.5 Å². The van der Waals surface area contributed by atoms with Crippen LogP contribution < -0.4 is 10.6 Å². The van der Waals surface area contributed by atoms with E-state index in [1.54, 1.807) is 6.07 Å². The number of nitrogens with zero attached hydrogens (tertiary/aromatic N) is 1. The number of rotatable bonds is 8. The summed E-state index contributed by atoms with van der Waals surface area (Å²) in [7, 11) is -3.82. The minimum absolute atomic E-state index is 0.0373. The average Bonchev–Trinajstić information content (AvgIpc) is 2.80. The summed E-state index contributed by atoms with van der Waals surface area (Å²) in [5.41, 5.74) is 0.789. The summed E-state index contributed by atoms with van der Waals surface area (Å²) in [6.45, 7) is 4.97. The van der Waals surface area contributed by atoms with E-state index in [-0.39, 0.29) is 39.9 Å². The van der Waals surface area contributed by atoms with E-state index >= 15 is 0 Å². The maximum Gasteiger partial charge on any atom is 0.247 e. The third kappa shape index (κ3) is 6.16. The number of ether oxygens (including phenoxy) is 1. The summed E-state index contributed by atoms with van der Waals surface area (Å²) >= 11 is 12.0. The van der Waals surface area contributed by atoms with Gasteiger partial charge in [-0.3, -0.25) is 4.79 Å². The molecule has 1 unspecified atom stereocenters. The van der Waals surface area contributed by atoms with E-state index < -0.39 is 21.9 Å². The molecule has 1 aliphatic heterocycles. The van der Waals surface area contributed by atoms with Crippen LogP contribution in [0.3, 0.4) is 0 Å². The van der Waals surface area contributed by atoms with E-state index in [4.69, 9.17) is 27.9 Å². The van der Waals surface area contributed by atoms with Crippen molar-refractivity contribution < 1.29 is 22.3 Å². The highest BCUT2D eigenvalue weighted by molar-refractivity contribution is 7.89. The SMILES string of the molecule is CCC(C)[C@H](Nc1ccc(Cl)c(S(=O)(=O)N2CCOCC2)c1)C(=O)Nc1ccc(F)c(Cl)c1. The molecule has 1 aliphatic rings. The molecule has 0 bridgehead atoms. The Labute approximate surface area is 203 Å². The van der Waals surface area contributed by atoms with Crippen LogP contribution in [0.5, 0.6) is 0 Å².